The van der Waals surface area contributed by atoms with Crippen molar-refractivity contribution in [2.75, 3.05) is 18.2 Å². The van der Waals surface area contributed by atoms with Gasteiger partial charge in [0.05, 0.1) is 12.8 Å². The topological polar surface area (TPSA) is 47.6 Å². The SMILES string of the molecule is CCSc1ccccc1NC(=O)[C@H](CC)Oc1cccc(OC)c1. The van der Waals surface area contributed by atoms with Crippen molar-refractivity contribution in [3.63, 3.8) is 0 Å². The van der Waals surface area contributed by atoms with Crippen molar-refractivity contribution in [2.24, 2.45) is 0 Å². The lowest BCUT2D eigenvalue weighted by atomic mass is 10.2. The quantitative estimate of drug-likeness (QED) is 0.710. The second-order valence-electron chi connectivity index (χ2n) is 5.11. The second-order valence-corrected chi connectivity index (χ2v) is 6.42. The number of anilines is 1. The Morgan fingerprint density at radius 2 is 1.88 bits per heavy atom. The van der Waals surface area contributed by atoms with Gasteiger partial charge in [0, 0.05) is 11.0 Å². The van der Waals surface area contributed by atoms with Gasteiger partial charge in [0.15, 0.2) is 6.10 Å². The van der Waals surface area contributed by atoms with E-state index in [4.69, 9.17) is 9.47 Å². The smallest absolute Gasteiger partial charge is 0.265 e. The third kappa shape index (κ3) is 4.93. The predicted molar refractivity (Wildman–Crippen MR) is 99.2 cm³/mol. The summed E-state index contributed by atoms with van der Waals surface area (Å²) in [4.78, 5) is 13.6. The number of nitrogens with one attached hydrogen (secondary N) is 1. The fourth-order valence-electron chi connectivity index (χ4n) is 2.23. The first kappa shape index (κ1) is 18.2. The maximum absolute atomic E-state index is 12.6. The molecular weight excluding hydrogens is 322 g/mol. The maximum atomic E-state index is 12.6. The normalized spacial score (nSPS) is 11.6. The summed E-state index contributed by atoms with van der Waals surface area (Å²) in [5.74, 6) is 2.12. The van der Waals surface area contributed by atoms with E-state index in [1.165, 1.54) is 0 Å². The van der Waals surface area contributed by atoms with Crippen LogP contribution in [0.1, 0.15) is 20.3 Å². The number of carbonyl (C=O) groups is 1. The average Bonchev–Trinajstić information content (AvgIpc) is 2.61. The number of ether oxygens (including phenoxy) is 2. The lowest BCUT2D eigenvalue weighted by Crippen LogP contribution is -2.32. The molecule has 128 valence electrons. The fourth-order valence-corrected chi connectivity index (χ4v) is 2.99. The number of thioether (sulfide) groups is 1. The highest BCUT2D eigenvalue weighted by Crippen LogP contribution is 2.27. The molecule has 0 aliphatic heterocycles. The molecule has 2 aromatic carbocycles. The Bertz CT molecular complexity index is 675. The highest BCUT2D eigenvalue weighted by molar-refractivity contribution is 7.99. The Balaban J connectivity index is 2.08. The summed E-state index contributed by atoms with van der Waals surface area (Å²) in [5, 5.41) is 2.98. The van der Waals surface area contributed by atoms with E-state index in [-0.39, 0.29) is 5.91 Å². The molecule has 1 N–H and O–H groups in total. The van der Waals surface area contributed by atoms with E-state index in [1.807, 2.05) is 49.4 Å². The molecule has 24 heavy (non-hydrogen) atoms. The Kier molecular flexibility index (Phi) is 7.00. The molecule has 0 spiro atoms. The van der Waals surface area contributed by atoms with Crippen LogP contribution in [-0.4, -0.2) is 24.9 Å². The lowest BCUT2D eigenvalue weighted by molar-refractivity contribution is -0.122. The zero-order valence-electron chi connectivity index (χ0n) is 14.2. The number of amides is 1. The minimum absolute atomic E-state index is 0.149. The molecule has 1 atom stereocenters. The van der Waals surface area contributed by atoms with Crippen LogP contribution in [0.15, 0.2) is 53.4 Å². The van der Waals surface area contributed by atoms with Gasteiger partial charge in [-0.15, -0.1) is 11.8 Å². The number of hydrogen-bond acceptors (Lipinski definition) is 4. The number of methoxy groups -OCH3 is 1. The van der Waals surface area contributed by atoms with E-state index in [0.717, 1.165) is 16.3 Å². The Morgan fingerprint density at radius 1 is 1.12 bits per heavy atom. The van der Waals surface area contributed by atoms with Gasteiger partial charge in [0.2, 0.25) is 0 Å². The summed E-state index contributed by atoms with van der Waals surface area (Å²) in [5.41, 5.74) is 0.821. The molecule has 0 saturated heterocycles. The zero-order chi connectivity index (χ0) is 17.4. The van der Waals surface area contributed by atoms with Gasteiger partial charge in [-0.1, -0.05) is 32.0 Å². The summed E-state index contributed by atoms with van der Waals surface area (Å²) in [6.45, 7) is 4.02. The van der Waals surface area contributed by atoms with E-state index in [1.54, 1.807) is 24.9 Å². The maximum Gasteiger partial charge on any atom is 0.265 e. The number of rotatable bonds is 8. The Hall–Kier alpha value is -2.14. The third-order valence-electron chi connectivity index (χ3n) is 3.43. The molecule has 0 aromatic heterocycles. The van der Waals surface area contributed by atoms with Crippen molar-refractivity contribution in [3.8, 4) is 11.5 Å². The van der Waals surface area contributed by atoms with Gasteiger partial charge >= 0.3 is 0 Å². The van der Waals surface area contributed by atoms with Crippen molar-refractivity contribution in [2.45, 2.75) is 31.3 Å². The molecule has 0 fully saturated rings. The molecule has 5 heteroatoms. The van der Waals surface area contributed by atoms with E-state index < -0.39 is 6.10 Å². The van der Waals surface area contributed by atoms with Crippen LogP contribution in [0.3, 0.4) is 0 Å². The van der Waals surface area contributed by atoms with Gasteiger partial charge < -0.3 is 14.8 Å². The molecule has 4 nitrogen and oxygen atoms in total. The molecular formula is C19H23NO3S. The molecule has 2 aromatic rings. The van der Waals surface area contributed by atoms with Crippen LogP contribution < -0.4 is 14.8 Å². The second kappa shape index (κ2) is 9.23. The fraction of sp³-hybridized carbons (Fsp3) is 0.316. The number of hydrogen-bond donors (Lipinski definition) is 1. The van der Waals surface area contributed by atoms with Crippen LogP contribution >= 0.6 is 11.8 Å². The molecule has 0 aliphatic rings. The number of carbonyl (C=O) groups excluding carboxylic acids is 1. The molecule has 0 saturated carbocycles. The van der Waals surface area contributed by atoms with E-state index in [2.05, 4.69) is 12.2 Å². The summed E-state index contributed by atoms with van der Waals surface area (Å²) in [7, 11) is 1.60. The van der Waals surface area contributed by atoms with Gasteiger partial charge in [-0.3, -0.25) is 4.79 Å². The first-order chi connectivity index (χ1) is 11.7. The molecule has 0 heterocycles. The average molecular weight is 345 g/mol. The lowest BCUT2D eigenvalue weighted by Gasteiger charge is -2.18. The van der Waals surface area contributed by atoms with Crippen molar-refractivity contribution < 1.29 is 14.3 Å². The van der Waals surface area contributed by atoms with Crippen molar-refractivity contribution in [3.05, 3.63) is 48.5 Å². The largest absolute Gasteiger partial charge is 0.497 e. The first-order valence-corrected chi connectivity index (χ1v) is 8.99. The van der Waals surface area contributed by atoms with Crippen LogP contribution in [0.4, 0.5) is 5.69 Å². The van der Waals surface area contributed by atoms with Crippen molar-refractivity contribution in [1.29, 1.82) is 0 Å². The molecule has 0 radical (unpaired) electrons. The first-order valence-electron chi connectivity index (χ1n) is 8.01. The number of benzene rings is 2. The monoisotopic (exact) mass is 345 g/mol. The standard InChI is InChI=1S/C19H23NO3S/c1-4-17(23-15-10-8-9-14(13-15)22-3)19(21)20-16-11-6-7-12-18(16)24-5-2/h6-13,17H,4-5H2,1-3H3,(H,20,21)/t17-/m0/s1. The van der Waals surface area contributed by atoms with Gasteiger partial charge in [-0.05, 0) is 36.4 Å². The summed E-state index contributed by atoms with van der Waals surface area (Å²) >= 11 is 1.70. The third-order valence-corrected chi connectivity index (χ3v) is 4.38. The van der Waals surface area contributed by atoms with Gasteiger partial charge in [0.25, 0.3) is 5.91 Å². The number of para-hydroxylation sites is 1. The Labute approximate surface area is 147 Å². The highest BCUT2D eigenvalue weighted by atomic mass is 32.2. The Morgan fingerprint density at radius 3 is 2.58 bits per heavy atom. The summed E-state index contributed by atoms with van der Waals surface area (Å²) in [6.07, 6.45) is 0.0170. The van der Waals surface area contributed by atoms with Crippen LogP contribution in [0.2, 0.25) is 0 Å². The van der Waals surface area contributed by atoms with Gasteiger partial charge in [0.1, 0.15) is 11.5 Å². The zero-order valence-corrected chi connectivity index (χ0v) is 15.1. The van der Waals surface area contributed by atoms with E-state index in [9.17, 15) is 4.79 Å². The summed E-state index contributed by atoms with van der Waals surface area (Å²) in [6, 6.07) is 15.1. The van der Waals surface area contributed by atoms with E-state index >= 15 is 0 Å². The van der Waals surface area contributed by atoms with Gasteiger partial charge in [-0.2, -0.15) is 0 Å². The molecule has 0 bridgehead atoms. The van der Waals surface area contributed by atoms with Crippen molar-refractivity contribution >= 4 is 23.4 Å². The highest BCUT2D eigenvalue weighted by Gasteiger charge is 2.19. The summed E-state index contributed by atoms with van der Waals surface area (Å²) < 4.78 is 11.0. The molecule has 2 rings (SSSR count). The minimum Gasteiger partial charge on any atom is -0.497 e. The van der Waals surface area contributed by atoms with Crippen molar-refractivity contribution in [1.82, 2.24) is 0 Å². The molecule has 1 amide bonds. The molecule has 0 aliphatic carbocycles. The van der Waals surface area contributed by atoms with Crippen LogP contribution in [0.25, 0.3) is 0 Å². The van der Waals surface area contributed by atoms with Crippen LogP contribution in [0, 0.1) is 0 Å². The van der Waals surface area contributed by atoms with E-state index in [0.29, 0.717) is 17.9 Å². The van der Waals surface area contributed by atoms with Crippen LogP contribution in [0.5, 0.6) is 11.5 Å². The van der Waals surface area contributed by atoms with Gasteiger partial charge in [-0.25, -0.2) is 0 Å². The molecule has 0 unspecified atom stereocenters. The minimum atomic E-state index is -0.559. The predicted octanol–water partition coefficient (Wildman–Crippen LogP) is 4.60. The van der Waals surface area contributed by atoms with Crippen LogP contribution in [-0.2, 0) is 4.79 Å².